The highest BCUT2D eigenvalue weighted by atomic mass is 35.5. The molecule has 1 aliphatic heterocycles. The molecule has 0 saturated carbocycles. The van der Waals surface area contributed by atoms with E-state index in [1.54, 1.807) is 6.07 Å². The second-order valence-electron chi connectivity index (χ2n) is 3.85. The Morgan fingerprint density at radius 2 is 1.94 bits per heavy atom. The fraction of sp³-hybridized carbons (Fsp3) is 0.455. The summed E-state index contributed by atoms with van der Waals surface area (Å²) >= 11 is 11.5. The lowest BCUT2D eigenvalue weighted by Crippen LogP contribution is -2.35. The SMILES string of the molecule is O=C(c1cnc(Cl)c(Cl)c1)N1CCCCC1. The molecule has 0 aliphatic carbocycles. The second kappa shape index (κ2) is 5.02. The number of amides is 1. The summed E-state index contributed by atoms with van der Waals surface area (Å²) in [6.45, 7) is 1.64. The zero-order valence-electron chi connectivity index (χ0n) is 8.75. The number of nitrogens with zero attached hydrogens (tertiary/aromatic N) is 2. The lowest BCUT2D eigenvalue weighted by Gasteiger charge is -2.26. The van der Waals surface area contributed by atoms with Crippen LogP contribution in [0.25, 0.3) is 0 Å². The topological polar surface area (TPSA) is 33.2 Å². The third-order valence-corrected chi connectivity index (χ3v) is 3.37. The number of hydrogen-bond donors (Lipinski definition) is 0. The van der Waals surface area contributed by atoms with Crippen molar-refractivity contribution in [2.24, 2.45) is 0 Å². The molecule has 1 amide bonds. The number of piperidine rings is 1. The van der Waals surface area contributed by atoms with Gasteiger partial charge in [-0.25, -0.2) is 4.98 Å². The second-order valence-corrected chi connectivity index (χ2v) is 4.61. The molecule has 0 bridgehead atoms. The zero-order chi connectivity index (χ0) is 11.5. The van der Waals surface area contributed by atoms with E-state index in [1.807, 2.05) is 4.90 Å². The van der Waals surface area contributed by atoms with Crippen molar-refractivity contribution in [1.82, 2.24) is 9.88 Å². The van der Waals surface area contributed by atoms with E-state index >= 15 is 0 Å². The molecule has 1 saturated heterocycles. The van der Waals surface area contributed by atoms with Gasteiger partial charge in [0.15, 0.2) is 0 Å². The number of aromatic nitrogens is 1. The first-order chi connectivity index (χ1) is 7.68. The predicted molar refractivity (Wildman–Crippen MR) is 64.0 cm³/mol. The average molecular weight is 259 g/mol. The van der Waals surface area contributed by atoms with Crippen LogP contribution in [0.3, 0.4) is 0 Å². The van der Waals surface area contributed by atoms with Crippen molar-refractivity contribution < 1.29 is 4.79 Å². The number of likely N-dealkylation sites (tertiary alicyclic amines) is 1. The number of carbonyl (C=O) groups excluding carboxylic acids is 1. The molecule has 2 rings (SSSR count). The van der Waals surface area contributed by atoms with Crippen molar-refractivity contribution >= 4 is 29.1 Å². The van der Waals surface area contributed by atoms with Gasteiger partial charge in [-0.05, 0) is 25.3 Å². The van der Waals surface area contributed by atoms with Gasteiger partial charge in [-0.15, -0.1) is 0 Å². The lowest BCUT2D eigenvalue weighted by molar-refractivity contribution is 0.0724. The maximum absolute atomic E-state index is 12.0. The van der Waals surface area contributed by atoms with Gasteiger partial charge in [-0.3, -0.25) is 4.79 Å². The summed E-state index contributed by atoms with van der Waals surface area (Å²) in [7, 11) is 0. The van der Waals surface area contributed by atoms with E-state index in [1.165, 1.54) is 12.6 Å². The molecule has 1 fully saturated rings. The van der Waals surface area contributed by atoms with E-state index in [0.717, 1.165) is 25.9 Å². The molecule has 0 spiro atoms. The van der Waals surface area contributed by atoms with Gasteiger partial charge in [0.2, 0.25) is 0 Å². The standard InChI is InChI=1S/C11H12Cl2N2O/c12-9-6-8(7-14-10(9)13)11(16)15-4-2-1-3-5-15/h6-7H,1-5H2. The molecule has 0 unspecified atom stereocenters. The van der Waals surface area contributed by atoms with E-state index in [-0.39, 0.29) is 11.1 Å². The minimum absolute atomic E-state index is 0.00855. The van der Waals surface area contributed by atoms with Crippen LogP contribution in [-0.2, 0) is 0 Å². The van der Waals surface area contributed by atoms with Crippen molar-refractivity contribution in [1.29, 1.82) is 0 Å². The highest BCUT2D eigenvalue weighted by Gasteiger charge is 2.19. The smallest absolute Gasteiger partial charge is 0.255 e. The molecule has 1 aromatic heterocycles. The van der Waals surface area contributed by atoms with E-state index in [4.69, 9.17) is 23.2 Å². The Morgan fingerprint density at radius 1 is 1.25 bits per heavy atom. The third-order valence-electron chi connectivity index (χ3n) is 2.69. The van der Waals surface area contributed by atoms with Crippen LogP contribution in [0.5, 0.6) is 0 Å². The summed E-state index contributed by atoms with van der Waals surface area (Å²) in [6.07, 6.45) is 4.82. The normalized spacial score (nSPS) is 16.2. The van der Waals surface area contributed by atoms with Gasteiger partial charge in [0, 0.05) is 19.3 Å². The highest BCUT2D eigenvalue weighted by molar-refractivity contribution is 6.41. The van der Waals surface area contributed by atoms with Crippen molar-refractivity contribution in [3.8, 4) is 0 Å². The Hall–Kier alpha value is -0.800. The molecule has 0 N–H and O–H groups in total. The molecule has 0 radical (unpaired) electrons. The minimum atomic E-state index is -0.00855. The fourth-order valence-corrected chi connectivity index (χ4v) is 2.09. The molecule has 1 aromatic rings. The monoisotopic (exact) mass is 258 g/mol. The van der Waals surface area contributed by atoms with Crippen LogP contribution in [0, 0.1) is 0 Å². The first-order valence-corrected chi connectivity index (χ1v) is 6.04. The molecule has 0 aromatic carbocycles. The molecular weight excluding hydrogens is 247 g/mol. The number of pyridine rings is 1. The van der Waals surface area contributed by atoms with Crippen LogP contribution < -0.4 is 0 Å². The maximum Gasteiger partial charge on any atom is 0.255 e. The van der Waals surface area contributed by atoms with Gasteiger partial charge in [0.1, 0.15) is 5.15 Å². The summed E-state index contributed by atoms with van der Waals surface area (Å²) in [5.41, 5.74) is 0.510. The van der Waals surface area contributed by atoms with E-state index in [0.29, 0.717) is 10.6 Å². The molecule has 3 nitrogen and oxygen atoms in total. The van der Waals surface area contributed by atoms with Crippen molar-refractivity contribution in [2.75, 3.05) is 13.1 Å². The van der Waals surface area contributed by atoms with Gasteiger partial charge in [0.25, 0.3) is 5.91 Å². The summed E-state index contributed by atoms with van der Waals surface area (Å²) in [5.74, 6) is -0.00855. The molecule has 5 heteroatoms. The number of hydrogen-bond acceptors (Lipinski definition) is 2. The van der Waals surface area contributed by atoms with Crippen molar-refractivity contribution in [3.63, 3.8) is 0 Å². The number of rotatable bonds is 1. The van der Waals surface area contributed by atoms with Gasteiger partial charge in [0.05, 0.1) is 10.6 Å². The van der Waals surface area contributed by atoms with Gasteiger partial charge < -0.3 is 4.90 Å². The molecular formula is C11H12Cl2N2O. The van der Waals surface area contributed by atoms with Crippen LogP contribution in [-0.4, -0.2) is 28.9 Å². The summed E-state index contributed by atoms with van der Waals surface area (Å²) in [4.78, 5) is 17.8. The number of carbonyl (C=O) groups is 1. The first-order valence-electron chi connectivity index (χ1n) is 5.29. The summed E-state index contributed by atoms with van der Waals surface area (Å²) in [6, 6.07) is 1.58. The van der Waals surface area contributed by atoms with E-state index in [9.17, 15) is 4.79 Å². The average Bonchev–Trinajstić information content (AvgIpc) is 2.33. The first kappa shape index (κ1) is 11.7. The predicted octanol–water partition coefficient (Wildman–Crippen LogP) is 3.01. The Bertz CT molecular complexity index is 403. The Labute approximate surface area is 104 Å². The fourth-order valence-electron chi connectivity index (χ4n) is 1.82. The van der Waals surface area contributed by atoms with E-state index in [2.05, 4.69) is 4.98 Å². The summed E-state index contributed by atoms with van der Waals surface area (Å²) in [5, 5.41) is 0.557. The van der Waals surface area contributed by atoms with Crippen LogP contribution >= 0.6 is 23.2 Å². The van der Waals surface area contributed by atoms with Crippen LogP contribution in [0.15, 0.2) is 12.3 Å². The molecule has 1 aliphatic rings. The van der Waals surface area contributed by atoms with Gasteiger partial charge in [-0.2, -0.15) is 0 Å². The molecule has 0 atom stereocenters. The Morgan fingerprint density at radius 3 is 2.56 bits per heavy atom. The Balaban J connectivity index is 2.16. The Kier molecular flexibility index (Phi) is 3.66. The maximum atomic E-state index is 12.0. The van der Waals surface area contributed by atoms with Crippen molar-refractivity contribution in [3.05, 3.63) is 28.0 Å². The van der Waals surface area contributed by atoms with Crippen molar-refractivity contribution in [2.45, 2.75) is 19.3 Å². The van der Waals surface area contributed by atoms with Gasteiger partial charge >= 0.3 is 0 Å². The lowest BCUT2D eigenvalue weighted by atomic mass is 10.1. The highest BCUT2D eigenvalue weighted by Crippen LogP contribution is 2.21. The quantitative estimate of drug-likeness (QED) is 0.726. The van der Waals surface area contributed by atoms with E-state index < -0.39 is 0 Å². The van der Waals surface area contributed by atoms with Crippen LogP contribution in [0.4, 0.5) is 0 Å². The van der Waals surface area contributed by atoms with Crippen LogP contribution in [0.1, 0.15) is 29.6 Å². The third kappa shape index (κ3) is 2.47. The molecule has 16 heavy (non-hydrogen) atoms. The molecule has 2 heterocycles. The zero-order valence-corrected chi connectivity index (χ0v) is 10.3. The van der Waals surface area contributed by atoms with Gasteiger partial charge in [-0.1, -0.05) is 23.2 Å². The number of halogens is 2. The largest absolute Gasteiger partial charge is 0.339 e. The molecule has 86 valence electrons. The minimum Gasteiger partial charge on any atom is -0.339 e. The van der Waals surface area contributed by atoms with Crippen LogP contribution in [0.2, 0.25) is 10.2 Å². The summed E-state index contributed by atoms with van der Waals surface area (Å²) < 4.78 is 0.